The van der Waals surface area contributed by atoms with Crippen LogP contribution in [0, 0.1) is 6.92 Å². The highest BCUT2D eigenvalue weighted by molar-refractivity contribution is 6.46. The summed E-state index contributed by atoms with van der Waals surface area (Å²) in [6.45, 7) is 6.00. The zero-order valence-corrected chi connectivity index (χ0v) is 19.2. The van der Waals surface area contributed by atoms with Crippen LogP contribution in [0.5, 0.6) is 5.75 Å². The molecule has 0 unspecified atom stereocenters. The smallest absolute Gasteiger partial charge is 0.295 e. The molecule has 2 aliphatic rings. The number of aromatic hydroxyl groups is 1. The van der Waals surface area contributed by atoms with Crippen molar-refractivity contribution in [2.75, 3.05) is 39.4 Å². The molecule has 0 bridgehead atoms. The van der Waals surface area contributed by atoms with E-state index in [1.807, 2.05) is 6.92 Å². The molecular formula is C25H27ClN2O5. The van der Waals surface area contributed by atoms with Gasteiger partial charge in [0, 0.05) is 31.2 Å². The van der Waals surface area contributed by atoms with Gasteiger partial charge in [-0.05, 0) is 43.2 Å². The van der Waals surface area contributed by atoms with E-state index in [4.69, 9.17) is 16.3 Å². The van der Waals surface area contributed by atoms with Crippen molar-refractivity contribution in [3.05, 3.63) is 69.8 Å². The first-order valence-electron chi connectivity index (χ1n) is 11.0. The molecule has 4 rings (SSSR count). The first-order valence-corrected chi connectivity index (χ1v) is 11.4. The minimum absolute atomic E-state index is 0.0328. The second-order valence-corrected chi connectivity index (χ2v) is 8.81. The molecule has 8 heteroatoms. The van der Waals surface area contributed by atoms with Crippen molar-refractivity contribution in [2.45, 2.75) is 19.4 Å². The van der Waals surface area contributed by atoms with Gasteiger partial charge in [0.15, 0.2) is 0 Å². The third-order valence-electron chi connectivity index (χ3n) is 6.11. The van der Waals surface area contributed by atoms with Crippen molar-refractivity contribution in [3.8, 4) is 5.75 Å². The van der Waals surface area contributed by atoms with Crippen molar-refractivity contribution in [1.29, 1.82) is 0 Å². The molecule has 2 N–H and O–H groups in total. The van der Waals surface area contributed by atoms with E-state index in [1.54, 1.807) is 36.4 Å². The maximum absolute atomic E-state index is 13.1. The standard InChI is InChI=1S/C25H27ClN2O5/c1-16-3-8-20(29)19(15-16)23(30)21-22(17-4-6-18(26)7-5-17)28(25(32)24(21)31)10-2-9-27-11-13-33-14-12-27/h3-8,15,22,29-30H,2,9-14H2,1H3/t22-/m1/s1. The number of carbonyl (C=O) groups excluding carboxylic acids is 2. The van der Waals surface area contributed by atoms with Gasteiger partial charge in [-0.2, -0.15) is 0 Å². The minimum Gasteiger partial charge on any atom is -0.507 e. The lowest BCUT2D eigenvalue weighted by Gasteiger charge is -2.29. The monoisotopic (exact) mass is 470 g/mol. The third-order valence-corrected chi connectivity index (χ3v) is 6.36. The minimum atomic E-state index is -0.771. The van der Waals surface area contributed by atoms with Crippen LogP contribution < -0.4 is 0 Å². The highest BCUT2D eigenvalue weighted by atomic mass is 35.5. The maximum atomic E-state index is 13.1. The molecule has 2 saturated heterocycles. The van der Waals surface area contributed by atoms with E-state index < -0.39 is 17.7 Å². The number of morpholine rings is 1. The van der Waals surface area contributed by atoms with E-state index in [-0.39, 0.29) is 22.6 Å². The average molecular weight is 471 g/mol. The van der Waals surface area contributed by atoms with Gasteiger partial charge in [0.25, 0.3) is 11.7 Å². The maximum Gasteiger partial charge on any atom is 0.295 e. The second-order valence-electron chi connectivity index (χ2n) is 8.37. The summed E-state index contributed by atoms with van der Waals surface area (Å²) in [6, 6.07) is 10.9. The van der Waals surface area contributed by atoms with Gasteiger partial charge in [-0.3, -0.25) is 14.5 Å². The van der Waals surface area contributed by atoms with Crippen molar-refractivity contribution in [3.63, 3.8) is 0 Å². The number of carbonyl (C=O) groups is 2. The molecule has 2 aliphatic heterocycles. The van der Waals surface area contributed by atoms with Crippen LogP contribution in [0.2, 0.25) is 5.02 Å². The number of benzene rings is 2. The van der Waals surface area contributed by atoms with Crippen molar-refractivity contribution in [2.24, 2.45) is 0 Å². The molecule has 2 aromatic rings. The van der Waals surface area contributed by atoms with Crippen LogP contribution in [-0.2, 0) is 14.3 Å². The first-order chi connectivity index (χ1) is 15.9. The quantitative estimate of drug-likeness (QED) is 0.381. The normalized spacial score (nSPS) is 21.0. The summed E-state index contributed by atoms with van der Waals surface area (Å²) in [5, 5.41) is 22.0. The molecule has 0 aromatic heterocycles. The Kier molecular flexibility index (Phi) is 7.02. The van der Waals surface area contributed by atoms with E-state index in [2.05, 4.69) is 4.90 Å². The Balaban J connectivity index is 1.70. The Hall–Kier alpha value is -2.87. The molecule has 0 radical (unpaired) electrons. The first kappa shape index (κ1) is 23.3. The zero-order chi connectivity index (χ0) is 23.5. The summed E-state index contributed by atoms with van der Waals surface area (Å²) >= 11 is 6.06. The molecule has 2 aromatic carbocycles. The molecule has 0 spiro atoms. The molecule has 2 fully saturated rings. The number of nitrogens with zero attached hydrogens (tertiary/aromatic N) is 2. The Labute approximate surface area is 197 Å². The summed E-state index contributed by atoms with van der Waals surface area (Å²) in [5.41, 5.74) is 1.56. The van der Waals surface area contributed by atoms with E-state index >= 15 is 0 Å². The van der Waals surface area contributed by atoms with Crippen molar-refractivity contribution < 1.29 is 24.5 Å². The Morgan fingerprint density at radius 3 is 2.48 bits per heavy atom. The van der Waals surface area contributed by atoms with Gasteiger partial charge >= 0.3 is 0 Å². The molecule has 0 aliphatic carbocycles. The number of amides is 1. The summed E-state index contributed by atoms with van der Waals surface area (Å²) in [4.78, 5) is 29.9. The summed E-state index contributed by atoms with van der Waals surface area (Å²) in [7, 11) is 0. The number of aliphatic hydroxyl groups is 1. The topological polar surface area (TPSA) is 90.3 Å². The number of ether oxygens (including phenoxy) is 1. The third kappa shape index (κ3) is 4.90. The number of halogens is 1. The highest BCUT2D eigenvalue weighted by Gasteiger charge is 2.46. The molecule has 2 heterocycles. The number of aliphatic hydroxyl groups excluding tert-OH is 1. The number of phenols is 1. The summed E-state index contributed by atoms with van der Waals surface area (Å²) in [5.74, 6) is -1.97. The fraction of sp³-hybridized carbons (Fsp3) is 0.360. The van der Waals surface area contributed by atoms with Crippen LogP contribution in [0.3, 0.4) is 0 Å². The number of aryl methyl sites for hydroxylation is 1. The second kappa shape index (κ2) is 9.95. The molecule has 0 saturated carbocycles. The predicted octanol–water partition coefficient (Wildman–Crippen LogP) is 3.50. The summed E-state index contributed by atoms with van der Waals surface area (Å²) in [6.07, 6.45) is 0.673. The van der Waals surface area contributed by atoms with Gasteiger partial charge in [-0.25, -0.2) is 0 Å². The molecule has 1 amide bonds. The number of hydrogen-bond acceptors (Lipinski definition) is 6. The number of rotatable bonds is 6. The van der Waals surface area contributed by atoms with Gasteiger partial charge in [-0.15, -0.1) is 0 Å². The van der Waals surface area contributed by atoms with Gasteiger partial charge < -0.3 is 19.8 Å². The molecule has 33 heavy (non-hydrogen) atoms. The Morgan fingerprint density at radius 1 is 1.09 bits per heavy atom. The van der Waals surface area contributed by atoms with E-state index in [0.29, 0.717) is 36.8 Å². The number of Topliss-reactive ketones (excluding diaryl/α,β-unsaturated/α-hetero) is 1. The fourth-order valence-electron chi connectivity index (χ4n) is 4.38. The van der Waals surface area contributed by atoms with Crippen LogP contribution in [0.25, 0.3) is 5.76 Å². The van der Waals surface area contributed by atoms with Crippen LogP contribution in [0.15, 0.2) is 48.0 Å². The lowest BCUT2D eigenvalue weighted by Crippen LogP contribution is -2.38. The van der Waals surface area contributed by atoms with Gasteiger partial charge in [-0.1, -0.05) is 35.4 Å². The van der Waals surface area contributed by atoms with Crippen LogP contribution in [0.1, 0.15) is 29.2 Å². The van der Waals surface area contributed by atoms with E-state index in [9.17, 15) is 19.8 Å². The average Bonchev–Trinajstić information content (AvgIpc) is 3.06. The largest absolute Gasteiger partial charge is 0.507 e. The Bertz CT molecular complexity index is 1080. The van der Waals surface area contributed by atoms with Gasteiger partial charge in [0.1, 0.15) is 11.5 Å². The molecule has 174 valence electrons. The molecule has 1 atom stereocenters. The lowest BCUT2D eigenvalue weighted by molar-refractivity contribution is -0.140. The molecule has 7 nitrogen and oxygen atoms in total. The predicted molar refractivity (Wildman–Crippen MR) is 125 cm³/mol. The number of ketones is 1. The van der Waals surface area contributed by atoms with Crippen LogP contribution in [0.4, 0.5) is 0 Å². The Morgan fingerprint density at radius 2 is 1.79 bits per heavy atom. The zero-order valence-electron chi connectivity index (χ0n) is 18.5. The van der Waals surface area contributed by atoms with Crippen LogP contribution in [-0.4, -0.2) is 71.1 Å². The van der Waals surface area contributed by atoms with Gasteiger partial charge in [0.2, 0.25) is 0 Å². The van der Waals surface area contributed by atoms with E-state index in [1.165, 1.54) is 11.0 Å². The number of phenolic OH excluding ortho intramolecular Hbond substituents is 1. The summed E-state index contributed by atoms with van der Waals surface area (Å²) < 4.78 is 5.38. The van der Waals surface area contributed by atoms with Crippen LogP contribution >= 0.6 is 11.6 Å². The van der Waals surface area contributed by atoms with Crippen molar-refractivity contribution >= 4 is 29.1 Å². The van der Waals surface area contributed by atoms with Gasteiger partial charge in [0.05, 0.1) is 30.4 Å². The number of likely N-dealkylation sites (tertiary alicyclic amines) is 1. The number of hydrogen-bond donors (Lipinski definition) is 2. The van der Waals surface area contributed by atoms with E-state index in [0.717, 1.165) is 25.2 Å². The lowest BCUT2D eigenvalue weighted by atomic mass is 9.94. The SMILES string of the molecule is Cc1ccc(O)c(C(O)=C2C(=O)C(=O)N(CCCN3CCOCC3)[C@@H]2c2ccc(Cl)cc2)c1. The van der Waals surface area contributed by atoms with Crippen molar-refractivity contribution in [1.82, 2.24) is 9.80 Å². The molecular weight excluding hydrogens is 444 g/mol. The highest BCUT2D eigenvalue weighted by Crippen LogP contribution is 2.41. The fourth-order valence-corrected chi connectivity index (χ4v) is 4.50.